The number of imidazole rings is 1. The van der Waals surface area contributed by atoms with Crippen LogP contribution in [0.1, 0.15) is 17.5 Å². The van der Waals surface area contributed by atoms with Crippen LogP contribution < -0.4 is 10.5 Å². The molecule has 0 saturated carbocycles. The molecule has 4 rings (SSSR count). The molecule has 0 atom stereocenters. The summed E-state index contributed by atoms with van der Waals surface area (Å²) in [4.78, 5) is 8.21. The van der Waals surface area contributed by atoms with Crippen molar-refractivity contribution in [2.24, 2.45) is 5.73 Å². The number of benzene rings is 3. The molecule has 29 heavy (non-hydrogen) atoms. The highest BCUT2D eigenvalue weighted by atomic mass is 35.5. The normalized spacial score (nSPS) is 10.7. The molecule has 0 aliphatic rings. The van der Waals surface area contributed by atoms with Crippen molar-refractivity contribution in [2.45, 2.75) is 20.3 Å². The fraction of sp³-hybridized carbons (Fsp3) is 0.208. The number of H-pyrrole nitrogens is 1. The number of rotatable bonds is 6. The van der Waals surface area contributed by atoms with Crippen LogP contribution in [0.15, 0.2) is 60.7 Å². The van der Waals surface area contributed by atoms with E-state index in [-0.39, 0.29) is 12.4 Å². The number of halogens is 1. The first-order chi connectivity index (χ1) is 13.7. The SMILES string of the molecule is Cc1cc(C)cc(-c2cccc(-c3nc4ccccc4[nH]3)c2OCCCN)c1.Cl. The van der Waals surface area contributed by atoms with Gasteiger partial charge in [-0.1, -0.05) is 53.6 Å². The van der Waals surface area contributed by atoms with Gasteiger partial charge in [0.05, 0.1) is 23.2 Å². The second-order valence-electron chi connectivity index (χ2n) is 7.15. The third-order valence-electron chi connectivity index (χ3n) is 4.79. The average Bonchev–Trinajstić information content (AvgIpc) is 3.11. The molecule has 0 spiro atoms. The molecule has 0 fully saturated rings. The van der Waals surface area contributed by atoms with Crippen molar-refractivity contribution in [3.05, 3.63) is 71.8 Å². The van der Waals surface area contributed by atoms with Gasteiger partial charge in [-0.3, -0.25) is 0 Å². The number of para-hydroxylation sites is 3. The Morgan fingerprint density at radius 2 is 1.66 bits per heavy atom. The molecular formula is C24H26ClN3O. The predicted molar refractivity (Wildman–Crippen MR) is 123 cm³/mol. The van der Waals surface area contributed by atoms with Crippen LogP contribution in [0.4, 0.5) is 0 Å². The van der Waals surface area contributed by atoms with E-state index in [2.05, 4.69) is 55.2 Å². The van der Waals surface area contributed by atoms with Crippen molar-refractivity contribution < 1.29 is 4.74 Å². The minimum Gasteiger partial charge on any atom is -0.492 e. The average molecular weight is 408 g/mol. The van der Waals surface area contributed by atoms with Gasteiger partial charge in [0.1, 0.15) is 11.6 Å². The Hall–Kier alpha value is -2.82. The number of hydrogen-bond acceptors (Lipinski definition) is 3. The van der Waals surface area contributed by atoms with E-state index >= 15 is 0 Å². The quantitative estimate of drug-likeness (QED) is 0.405. The van der Waals surface area contributed by atoms with Gasteiger partial charge in [-0.15, -0.1) is 12.4 Å². The van der Waals surface area contributed by atoms with Gasteiger partial charge >= 0.3 is 0 Å². The van der Waals surface area contributed by atoms with E-state index in [4.69, 9.17) is 15.5 Å². The Kier molecular flexibility index (Phi) is 6.57. The van der Waals surface area contributed by atoms with Crippen LogP contribution in [0.25, 0.3) is 33.5 Å². The van der Waals surface area contributed by atoms with Crippen LogP contribution in [0, 0.1) is 13.8 Å². The standard InChI is InChI=1S/C24H25N3O.ClH/c1-16-13-17(2)15-18(14-16)19-7-5-8-20(23(19)28-12-6-11-25)24-26-21-9-3-4-10-22(21)27-24;/h3-5,7-10,13-15H,6,11-12,25H2,1-2H3,(H,26,27);1H. The summed E-state index contributed by atoms with van der Waals surface area (Å²) in [6, 6.07) is 20.9. The lowest BCUT2D eigenvalue weighted by atomic mass is 9.97. The Labute approximate surface area is 177 Å². The van der Waals surface area contributed by atoms with Crippen molar-refractivity contribution in [2.75, 3.05) is 13.2 Å². The summed E-state index contributed by atoms with van der Waals surface area (Å²) in [6.07, 6.45) is 0.806. The first-order valence-electron chi connectivity index (χ1n) is 9.65. The lowest BCUT2D eigenvalue weighted by Crippen LogP contribution is -2.07. The fourth-order valence-electron chi connectivity index (χ4n) is 3.57. The molecule has 0 bridgehead atoms. The molecule has 1 heterocycles. The van der Waals surface area contributed by atoms with Crippen LogP contribution in [0.2, 0.25) is 0 Å². The zero-order valence-corrected chi connectivity index (χ0v) is 17.6. The molecule has 0 amide bonds. The Balaban J connectivity index is 0.00000240. The van der Waals surface area contributed by atoms with E-state index in [9.17, 15) is 0 Å². The second-order valence-corrected chi connectivity index (χ2v) is 7.15. The number of aromatic amines is 1. The van der Waals surface area contributed by atoms with E-state index in [0.717, 1.165) is 45.7 Å². The molecule has 4 nitrogen and oxygen atoms in total. The summed E-state index contributed by atoms with van der Waals surface area (Å²) in [6.45, 7) is 5.42. The van der Waals surface area contributed by atoms with E-state index in [0.29, 0.717) is 13.2 Å². The van der Waals surface area contributed by atoms with E-state index < -0.39 is 0 Å². The zero-order valence-electron chi connectivity index (χ0n) is 16.7. The lowest BCUT2D eigenvalue weighted by Gasteiger charge is -2.16. The van der Waals surface area contributed by atoms with Crippen molar-refractivity contribution in [1.82, 2.24) is 9.97 Å². The zero-order chi connectivity index (χ0) is 19.5. The van der Waals surface area contributed by atoms with E-state index in [1.54, 1.807) is 0 Å². The number of nitrogens with one attached hydrogen (secondary N) is 1. The maximum absolute atomic E-state index is 6.25. The fourth-order valence-corrected chi connectivity index (χ4v) is 3.57. The number of fused-ring (bicyclic) bond motifs is 1. The number of nitrogens with zero attached hydrogens (tertiary/aromatic N) is 1. The molecule has 0 radical (unpaired) electrons. The van der Waals surface area contributed by atoms with Gasteiger partial charge in [-0.05, 0) is 50.6 Å². The van der Waals surface area contributed by atoms with Gasteiger partial charge in [0.2, 0.25) is 0 Å². The molecule has 0 aliphatic carbocycles. The predicted octanol–water partition coefficient (Wildman–Crippen LogP) is 5.66. The van der Waals surface area contributed by atoms with Crippen LogP contribution in [0.3, 0.4) is 0 Å². The van der Waals surface area contributed by atoms with E-state index in [1.807, 2.05) is 24.3 Å². The number of aryl methyl sites for hydroxylation is 2. The highest BCUT2D eigenvalue weighted by Gasteiger charge is 2.16. The monoisotopic (exact) mass is 407 g/mol. The Morgan fingerprint density at radius 3 is 2.38 bits per heavy atom. The molecule has 0 aliphatic heterocycles. The summed E-state index contributed by atoms with van der Waals surface area (Å²) >= 11 is 0. The van der Waals surface area contributed by atoms with Crippen LogP contribution in [-0.2, 0) is 0 Å². The van der Waals surface area contributed by atoms with Gasteiger partial charge in [0.25, 0.3) is 0 Å². The summed E-state index contributed by atoms with van der Waals surface area (Å²) in [5, 5.41) is 0. The van der Waals surface area contributed by atoms with Crippen molar-refractivity contribution in [1.29, 1.82) is 0 Å². The van der Waals surface area contributed by atoms with Gasteiger partial charge in [-0.2, -0.15) is 0 Å². The molecule has 150 valence electrons. The second kappa shape index (κ2) is 9.12. The molecule has 3 N–H and O–H groups in total. The third kappa shape index (κ3) is 4.44. The smallest absolute Gasteiger partial charge is 0.142 e. The molecule has 0 unspecified atom stereocenters. The largest absolute Gasteiger partial charge is 0.492 e. The topological polar surface area (TPSA) is 63.9 Å². The van der Waals surface area contributed by atoms with Crippen molar-refractivity contribution >= 4 is 23.4 Å². The minimum atomic E-state index is 0. The van der Waals surface area contributed by atoms with Crippen LogP contribution in [-0.4, -0.2) is 23.1 Å². The number of nitrogens with two attached hydrogens (primary N) is 1. The Morgan fingerprint density at radius 1 is 0.931 bits per heavy atom. The van der Waals surface area contributed by atoms with Gasteiger partial charge in [0.15, 0.2) is 0 Å². The summed E-state index contributed by atoms with van der Waals surface area (Å²) in [7, 11) is 0. The van der Waals surface area contributed by atoms with Crippen molar-refractivity contribution in [3.8, 4) is 28.3 Å². The molecule has 0 saturated heterocycles. The highest BCUT2D eigenvalue weighted by molar-refractivity contribution is 5.86. The lowest BCUT2D eigenvalue weighted by molar-refractivity contribution is 0.316. The van der Waals surface area contributed by atoms with Gasteiger partial charge in [-0.25, -0.2) is 4.98 Å². The third-order valence-corrected chi connectivity index (χ3v) is 4.79. The number of aromatic nitrogens is 2. The molecule has 3 aromatic carbocycles. The Bertz CT molecular complexity index is 1070. The van der Waals surface area contributed by atoms with Crippen LogP contribution >= 0.6 is 12.4 Å². The van der Waals surface area contributed by atoms with Gasteiger partial charge in [0, 0.05) is 5.56 Å². The molecular weight excluding hydrogens is 382 g/mol. The summed E-state index contributed by atoms with van der Waals surface area (Å²) in [5.74, 6) is 1.66. The molecule has 4 aromatic rings. The minimum absolute atomic E-state index is 0. The van der Waals surface area contributed by atoms with Crippen LogP contribution in [0.5, 0.6) is 5.75 Å². The number of ether oxygens (including phenoxy) is 1. The first kappa shape index (κ1) is 20.9. The summed E-state index contributed by atoms with van der Waals surface area (Å²) in [5.41, 5.74) is 13.3. The molecule has 5 heteroatoms. The first-order valence-corrected chi connectivity index (χ1v) is 9.65. The highest BCUT2D eigenvalue weighted by Crippen LogP contribution is 2.39. The van der Waals surface area contributed by atoms with Gasteiger partial charge < -0.3 is 15.5 Å². The molecule has 1 aromatic heterocycles. The summed E-state index contributed by atoms with van der Waals surface area (Å²) < 4.78 is 6.25. The van der Waals surface area contributed by atoms with Crippen molar-refractivity contribution in [3.63, 3.8) is 0 Å². The maximum atomic E-state index is 6.25. The maximum Gasteiger partial charge on any atom is 0.142 e. The number of hydrogen-bond donors (Lipinski definition) is 2. The van der Waals surface area contributed by atoms with E-state index in [1.165, 1.54) is 11.1 Å².